The third-order valence-electron chi connectivity index (χ3n) is 8.09. The average Bonchev–Trinajstić information content (AvgIpc) is 2.88. The fourth-order valence-electron chi connectivity index (χ4n) is 5.25. The third-order valence-corrected chi connectivity index (χ3v) is 9.25. The molecule has 1 spiro atoms. The van der Waals surface area contributed by atoms with E-state index in [-0.39, 0.29) is 16.9 Å². The van der Waals surface area contributed by atoms with E-state index in [1.165, 1.54) is 6.42 Å². The maximum absolute atomic E-state index is 13.1. The zero-order valence-electron chi connectivity index (χ0n) is 26.9. The zero-order valence-corrected chi connectivity index (χ0v) is 28.6. The van der Waals surface area contributed by atoms with Crippen LogP contribution in [-0.4, -0.2) is 21.5 Å². The quantitative estimate of drug-likeness (QED) is 0.230. The van der Waals surface area contributed by atoms with Crippen molar-refractivity contribution in [2.75, 3.05) is 6.26 Å². The summed E-state index contributed by atoms with van der Waals surface area (Å²) in [5.41, 5.74) is 3.84. The number of rotatable bonds is 4. The maximum Gasteiger partial charge on any atom is 0.310 e. The molecule has 1 fully saturated rings. The van der Waals surface area contributed by atoms with Crippen molar-refractivity contribution in [3.05, 3.63) is 57.9 Å². The molecule has 2 aromatic rings. The molecule has 0 amide bonds. The number of pyridine rings is 1. The second-order valence-corrected chi connectivity index (χ2v) is 15.1. The number of hydrogen-bond acceptors (Lipinski definition) is 4. The largest absolute Gasteiger partial charge is 0.388 e. The van der Waals surface area contributed by atoms with Gasteiger partial charge in [-0.2, -0.15) is 12.6 Å². The molecule has 42 heavy (non-hydrogen) atoms. The van der Waals surface area contributed by atoms with Crippen LogP contribution < -0.4 is 0 Å². The second-order valence-electron chi connectivity index (χ2n) is 12.7. The molecule has 2 N–H and O–H groups in total. The van der Waals surface area contributed by atoms with Gasteiger partial charge in [-0.15, -0.1) is 0 Å². The topological polar surface area (TPSA) is 53.4 Å². The van der Waals surface area contributed by atoms with E-state index in [1.807, 2.05) is 27.7 Å². The monoisotopic (exact) mass is 641 g/mol. The van der Waals surface area contributed by atoms with Gasteiger partial charge < -0.3 is 10.2 Å². The Labute approximate surface area is 255 Å². The zero-order chi connectivity index (χ0) is 33.0. The molecule has 0 saturated heterocycles. The van der Waals surface area contributed by atoms with Crippen LogP contribution in [0.25, 0.3) is 0 Å². The van der Waals surface area contributed by atoms with Gasteiger partial charge in [-0.05, 0) is 78.9 Å². The van der Waals surface area contributed by atoms with Gasteiger partial charge in [-0.1, -0.05) is 99.8 Å². The van der Waals surface area contributed by atoms with Gasteiger partial charge in [0.1, 0.15) is 11.0 Å². The SMILES string of the molecule is CC.CCC(C)(C)C.CS.Cc1c2c(nc(C(C)C)c1C(O)c1ccc(S(F)(F)(F)(F)F)cc1)CC1(CCC1)CC2O. The summed E-state index contributed by atoms with van der Waals surface area (Å²) < 4.78 is 65.3. The van der Waals surface area contributed by atoms with Crippen molar-refractivity contribution in [1.82, 2.24) is 4.98 Å². The number of thiol groups is 1. The van der Waals surface area contributed by atoms with Crippen LogP contribution in [-0.2, 0) is 6.42 Å². The highest BCUT2D eigenvalue weighted by molar-refractivity contribution is 8.45. The van der Waals surface area contributed by atoms with Crippen molar-refractivity contribution in [3.63, 3.8) is 0 Å². The Morgan fingerprint density at radius 1 is 1.02 bits per heavy atom. The molecular weight excluding hydrogens is 589 g/mol. The lowest BCUT2D eigenvalue weighted by molar-refractivity contribution is 0.0237. The number of nitrogens with zero attached hydrogens (tertiary/aromatic N) is 1. The average molecular weight is 642 g/mol. The highest BCUT2D eigenvalue weighted by Gasteiger charge is 2.65. The molecule has 4 rings (SSSR count). The van der Waals surface area contributed by atoms with E-state index in [1.54, 1.807) is 13.2 Å². The maximum atomic E-state index is 13.1. The Morgan fingerprint density at radius 2 is 1.50 bits per heavy atom. The first kappa shape index (κ1) is 38.7. The van der Waals surface area contributed by atoms with Crippen molar-refractivity contribution in [1.29, 1.82) is 0 Å². The van der Waals surface area contributed by atoms with E-state index in [2.05, 4.69) is 40.3 Å². The molecule has 1 saturated carbocycles. The van der Waals surface area contributed by atoms with Crippen LogP contribution in [0.3, 0.4) is 0 Å². The van der Waals surface area contributed by atoms with Gasteiger partial charge in [0, 0.05) is 22.5 Å². The van der Waals surface area contributed by atoms with Gasteiger partial charge in [0.05, 0.1) is 6.10 Å². The van der Waals surface area contributed by atoms with Crippen LogP contribution in [0, 0.1) is 17.8 Å². The lowest BCUT2D eigenvalue weighted by Gasteiger charge is -2.47. The van der Waals surface area contributed by atoms with Crippen molar-refractivity contribution in [2.45, 2.75) is 124 Å². The molecule has 1 aromatic carbocycles. The molecule has 3 nitrogen and oxygen atoms in total. The molecule has 244 valence electrons. The van der Waals surface area contributed by atoms with Crippen molar-refractivity contribution in [2.24, 2.45) is 10.8 Å². The van der Waals surface area contributed by atoms with Gasteiger partial charge in [-0.25, -0.2) is 0 Å². The van der Waals surface area contributed by atoms with E-state index in [0.29, 0.717) is 46.4 Å². The van der Waals surface area contributed by atoms with Crippen LogP contribution in [0.1, 0.15) is 139 Å². The molecule has 2 aliphatic rings. The fraction of sp³-hybridized carbons (Fsp3) is 0.656. The highest BCUT2D eigenvalue weighted by Crippen LogP contribution is 3.02. The van der Waals surface area contributed by atoms with E-state index in [4.69, 9.17) is 4.98 Å². The summed E-state index contributed by atoms with van der Waals surface area (Å²) in [5, 5.41) is 22.0. The number of aliphatic hydroxyl groups is 2. The first-order valence-corrected chi connectivity index (χ1v) is 17.6. The van der Waals surface area contributed by atoms with Crippen LogP contribution in [0.15, 0.2) is 29.2 Å². The van der Waals surface area contributed by atoms with E-state index in [0.717, 1.165) is 43.5 Å². The van der Waals surface area contributed by atoms with E-state index >= 15 is 0 Å². The van der Waals surface area contributed by atoms with Crippen LogP contribution in [0.2, 0.25) is 0 Å². The molecule has 0 bridgehead atoms. The summed E-state index contributed by atoms with van der Waals surface area (Å²) in [5.74, 6) is -0.0935. The predicted molar refractivity (Wildman–Crippen MR) is 171 cm³/mol. The molecule has 2 aliphatic carbocycles. The molecule has 1 aromatic heterocycles. The third kappa shape index (κ3) is 9.57. The lowest BCUT2D eigenvalue weighted by atomic mass is 9.59. The molecular formula is C32H52F5NO2S2. The van der Waals surface area contributed by atoms with Crippen molar-refractivity contribution >= 4 is 22.9 Å². The first-order valence-electron chi connectivity index (χ1n) is 14.8. The number of benzene rings is 1. The first-order chi connectivity index (χ1) is 19.1. The molecule has 1 heterocycles. The minimum Gasteiger partial charge on any atom is -0.388 e. The normalized spacial score (nSPS) is 19.7. The molecule has 2 atom stereocenters. The van der Waals surface area contributed by atoms with Crippen LogP contribution in [0.4, 0.5) is 19.4 Å². The lowest BCUT2D eigenvalue weighted by Crippen LogP contribution is -2.38. The van der Waals surface area contributed by atoms with Gasteiger partial charge in [0.25, 0.3) is 0 Å². The number of hydrogen-bond donors (Lipinski definition) is 3. The summed E-state index contributed by atoms with van der Waals surface area (Å²) in [6.07, 6.45) is 5.48. The Kier molecular flexibility index (Phi) is 12.3. The Bertz CT molecular complexity index is 1170. The van der Waals surface area contributed by atoms with E-state index in [9.17, 15) is 29.6 Å². The minimum atomic E-state index is -9.79. The summed E-state index contributed by atoms with van der Waals surface area (Å²) in [4.78, 5) is 2.82. The smallest absolute Gasteiger partial charge is 0.310 e. The highest BCUT2D eigenvalue weighted by atomic mass is 32.5. The number of halogens is 5. The van der Waals surface area contributed by atoms with Gasteiger partial charge in [0.2, 0.25) is 0 Å². The number of aliphatic hydroxyl groups excluding tert-OH is 2. The number of fused-ring (bicyclic) bond motifs is 1. The van der Waals surface area contributed by atoms with Gasteiger partial charge in [0.15, 0.2) is 0 Å². The standard InChI is InChI=1S/C23H28F5NO2S.C6H14.C2H6.CH4S/c1-13(2)21-20(22(31)15-5-7-16(8-6-15)32(24,25,26,27)28)14(3)19-17(29-21)11-23(9-4-10-23)12-18(19)30;1-5-6(2,3)4;2*1-2/h5-8,13,18,22,30-31H,4,9-12H2,1-3H3;5H2,1-4H3;1-2H3;2H,1H3. The predicted octanol–water partition coefficient (Wildman–Crippen LogP) is 11.4. The molecule has 10 heteroatoms. The summed E-state index contributed by atoms with van der Waals surface area (Å²) in [7, 11) is -9.79. The van der Waals surface area contributed by atoms with Crippen LogP contribution >= 0.6 is 22.9 Å². The Morgan fingerprint density at radius 3 is 1.86 bits per heavy atom. The summed E-state index contributed by atoms with van der Waals surface area (Å²) in [6.45, 7) is 18.5. The summed E-state index contributed by atoms with van der Waals surface area (Å²) in [6, 6.07) is 2.37. The van der Waals surface area contributed by atoms with Crippen LogP contribution in [0.5, 0.6) is 0 Å². The van der Waals surface area contributed by atoms with Crippen molar-refractivity contribution < 1.29 is 29.6 Å². The summed E-state index contributed by atoms with van der Waals surface area (Å²) >= 11 is 3.53. The van der Waals surface area contributed by atoms with Crippen molar-refractivity contribution in [3.8, 4) is 0 Å². The second kappa shape index (κ2) is 13.3. The Hall–Kier alpha value is -1.36. The van der Waals surface area contributed by atoms with E-state index < -0.39 is 27.3 Å². The fourth-order valence-corrected chi connectivity index (χ4v) is 5.90. The number of aromatic nitrogens is 1. The molecule has 0 aliphatic heterocycles. The molecule has 0 radical (unpaired) electrons. The molecule has 2 unspecified atom stereocenters. The van der Waals surface area contributed by atoms with Gasteiger partial charge in [-0.3, -0.25) is 4.98 Å². The Balaban J connectivity index is 0.000000775. The minimum absolute atomic E-state index is 0.0584. The van der Waals surface area contributed by atoms with Gasteiger partial charge >= 0.3 is 10.2 Å².